The van der Waals surface area contributed by atoms with E-state index in [1.165, 1.54) is 7.11 Å². The number of aryl methyl sites for hydroxylation is 2. The second kappa shape index (κ2) is 9.26. The average Bonchev–Trinajstić information content (AvgIpc) is 3.00. The van der Waals surface area contributed by atoms with E-state index in [0.717, 1.165) is 16.8 Å². The summed E-state index contributed by atoms with van der Waals surface area (Å²) in [6.45, 7) is 5.91. The van der Waals surface area contributed by atoms with Crippen LogP contribution in [0.3, 0.4) is 0 Å². The van der Waals surface area contributed by atoms with Crippen LogP contribution in [0.25, 0.3) is 0 Å². The van der Waals surface area contributed by atoms with Crippen molar-refractivity contribution in [3.63, 3.8) is 0 Å². The number of amides is 1. The number of carbonyl (C=O) groups is 2. The van der Waals surface area contributed by atoms with Crippen LogP contribution in [0.2, 0.25) is 0 Å². The van der Waals surface area contributed by atoms with E-state index in [-0.39, 0.29) is 12.5 Å². The zero-order chi connectivity index (χ0) is 21.7. The summed E-state index contributed by atoms with van der Waals surface area (Å²) in [7, 11) is 1.36. The fourth-order valence-corrected chi connectivity index (χ4v) is 3.20. The van der Waals surface area contributed by atoms with Crippen LogP contribution in [0.1, 0.15) is 32.9 Å². The molecule has 30 heavy (non-hydrogen) atoms. The van der Waals surface area contributed by atoms with Gasteiger partial charge in [0, 0.05) is 0 Å². The molecule has 0 aliphatic heterocycles. The first-order valence-electron chi connectivity index (χ1n) is 9.59. The van der Waals surface area contributed by atoms with Crippen LogP contribution in [0.15, 0.2) is 48.5 Å². The van der Waals surface area contributed by atoms with Gasteiger partial charge in [0.15, 0.2) is 6.61 Å². The summed E-state index contributed by atoms with van der Waals surface area (Å²) in [6, 6.07) is 14.8. The number of anilines is 1. The van der Waals surface area contributed by atoms with E-state index in [0.29, 0.717) is 29.2 Å². The lowest BCUT2D eigenvalue weighted by atomic mass is 10.1. The van der Waals surface area contributed by atoms with Gasteiger partial charge in [0.05, 0.1) is 36.3 Å². The maximum absolute atomic E-state index is 12.4. The maximum atomic E-state index is 12.4. The molecule has 0 radical (unpaired) electrons. The number of methoxy groups -OCH3 is 1. The number of benzene rings is 2. The smallest absolute Gasteiger partial charge is 0.338 e. The van der Waals surface area contributed by atoms with Crippen LogP contribution in [0.5, 0.6) is 5.75 Å². The Morgan fingerprint density at radius 1 is 1.03 bits per heavy atom. The van der Waals surface area contributed by atoms with Crippen molar-refractivity contribution in [1.82, 2.24) is 9.78 Å². The lowest BCUT2D eigenvalue weighted by molar-refractivity contribution is -0.118. The molecule has 156 valence electrons. The van der Waals surface area contributed by atoms with Crippen molar-refractivity contribution >= 4 is 17.6 Å². The molecule has 0 unspecified atom stereocenters. The third-order valence-corrected chi connectivity index (χ3v) is 4.84. The number of para-hydroxylation sites is 1. The molecule has 3 rings (SSSR count). The highest BCUT2D eigenvalue weighted by Gasteiger charge is 2.17. The molecule has 7 heteroatoms. The van der Waals surface area contributed by atoms with Crippen molar-refractivity contribution < 1.29 is 19.1 Å². The third kappa shape index (κ3) is 4.68. The molecule has 7 nitrogen and oxygen atoms in total. The molecule has 0 spiro atoms. The molecule has 0 aliphatic rings. The van der Waals surface area contributed by atoms with Gasteiger partial charge in [-0.1, -0.05) is 36.4 Å². The highest BCUT2D eigenvalue weighted by Crippen LogP contribution is 2.22. The number of carbonyl (C=O) groups excluding carboxylic acids is 2. The summed E-state index contributed by atoms with van der Waals surface area (Å²) in [6.07, 6.45) is 0. The molecule has 0 fully saturated rings. The third-order valence-electron chi connectivity index (χ3n) is 4.84. The van der Waals surface area contributed by atoms with Gasteiger partial charge in [0.25, 0.3) is 5.91 Å². The van der Waals surface area contributed by atoms with E-state index in [9.17, 15) is 9.59 Å². The van der Waals surface area contributed by atoms with Crippen LogP contribution in [0.4, 0.5) is 5.69 Å². The number of nitrogens with one attached hydrogen (secondary N) is 1. The molecule has 0 saturated carbocycles. The number of nitrogens with zero attached hydrogens (tertiary/aromatic N) is 2. The Bertz CT molecular complexity index is 1070. The van der Waals surface area contributed by atoms with Gasteiger partial charge in [-0.2, -0.15) is 5.10 Å². The molecule has 2 aromatic carbocycles. The van der Waals surface area contributed by atoms with Crippen molar-refractivity contribution in [2.24, 2.45) is 0 Å². The van der Waals surface area contributed by atoms with Crippen molar-refractivity contribution in [3.8, 4) is 5.75 Å². The van der Waals surface area contributed by atoms with Gasteiger partial charge in [0.2, 0.25) is 0 Å². The lowest BCUT2D eigenvalue weighted by Gasteiger charge is -2.11. The Hall–Kier alpha value is -3.61. The maximum Gasteiger partial charge on any atom is 0.338 e. The molecule has 0 saturated heterocycles. The summed E-state index contributed by atoms with van der Waals surface area (Å²) >= 11 is 0. The zero-order valence-electron chi connectivity index (χ0n) is 17.6. The highest BCUT2D eigenvalue weighted by atomic mass is 16.5. The fraction of sp³-hybridized carbons (Fsp3) is 0.261. The van der Waals surface area contributed by atoms with Crippen LogP contribution in [-0.2, 0) is 16.1 Å². The zero-order valence-corrected chi connectivity index (χ0v) is 17.6. The topological polar surface area (TPSA) is 82.5 Å². The minimum Gasteiger partial charge on any atom is -0.483 e. The van der Waals surface area contributed by atoms with E-state index >= 15 is 0 Å². The first-order valence-corrected chi connectivity index (χ1v) is 9.59. The average molecular weight is 407 g/mol. The molecule has 1 heterocycles. The van der Waals surface area contributed by atoms with Crippen molar-refractivity contribution in [1.29, 1.82) is 0 Å². The van der Waals surface area contributed by atoms with Gasteiger partial charge >= 0.3 is 5.97 Å². The normalized spacial score (nSPS) is 10.5. The summed E-state index contributed by atoms with van der Waals surface area (Å²) in [4.78, 5) is 24.4. The first kappa shape index (κ1) is 21.1. The predicted octanol–water partition coefficient (Wildman–Crippen LogP) is 3.66. The Labute approximate surface area is 175 Å². The summed E-state index contributed by atoms with van der Waals surface area (Å²) in [5, 5.41) is 7.41. The van der Waals surface area contributed by atoms with Gasteiger partial charge in [-0.15, -0.1) is 0 Å². The second-order valence-corrected chi connectivity index (χ2v) is 6.95. The minimum absolute atomic E-state index is 0.0971. The molecular formula is C23H25N3O4. The SMILES string of the molecule is COC(=O)c1ccccc1Cn1nc(C)c(NC(=O)COc2ccccc2C)c1C. The lowest BCUT2D eigenvalue weighted by Crippen LogP contribution is -2.21. The van der Waals surface area contributed by atoms with Crippen molar-refractivity contribution in [2.75, 3.05) is 19.0 Å². The van der Waals surface area contributed by atoms with Gasteiger partial charge < -0.3 is 14.8 Å². The van der Waals surface area contributed by atoms with Gasteiger partial charge in [-0.05, 0) is 44.0 Å². The summed E-state index contributed by atoms with van der Waals surface area (Å²) in [5.74, 6) is 0.0178. The van der Waals surface area contributed by atoms with Gasteiger partial charge in [-0.3, -0.25) is 9.48 Å². The summed E-state index contributed by atoms with van der Waals surface area (Å²) < 4.78 is 12.2. The van der Waals surface area contributed by atoms with Crippen molar-refractivity contribution in [3.05, 3.63) is 76.6 Å². The molecule has 0 atom stereocenters. The van der Waals surface area contributed by atoms with E-state index < -0.39 is 5.97 Å². The minimum atomic E-state index is -0.394. The predicted molar refractivity (Wildman–Crippen MR) is 114 cm³/mol. The van der Waals surface area contributed by atoms with Gasteiger partial charge in [-0.25, -0.2) is 4.79 Å². The Morgan fingerprint density at radius 3 is 2.47 bits per heavy atom. The van der Waals surface area contributed by atoms with Crippen LogP contribution in [0, 0.1) is 20.8 Å². The molecule has 1 N–H and O–H groups in total. The largest absolute Gasteiger partial charge is 0.483 e. The number of hydrogen-bond acceptors (Lipinski definition) is 5. The molecule has 0 bridgehead atoms. The monoisotopic (exact) mass is 407 g/mol. The number of rotatable bonds is 7. The van der Waals surface area contributed by atoms with E-state index in [1.807, 2.05) is 57.2 Å². The summed E-state index contributed by atoms with van der Waals surface area (Å²) in [5.41, 5.74) is 4.36. The van der Waals surface area contributed by atoms with Crippen LogP contribution in [-0.4, -0.2) is 35.4 Å². The quantitative estimate of drug-likeness (QED) is 0.605. The number of hydrogen-bond donors (Lipinski definition) is 1. The second-order valence-electron chi connectivity index (χ2n) is 6.95. The standard InChI is InChI=1S/C23H25N3O4/c1-15-9-5-8-12-20(15)30-14-21(27)24-22-16(2)25-26(17(22)3)13-18-10-6-7-11-19(18)23(28)29-4/h5-12H,13-14H2,1-4H3,(H,24,27). The highest BCUT2D eigenvalue weighted by molar-refractivity contribution is 5.93. The van der Waals surface area contributed by atoms with Crippen LogP contribution < -0.4 is 10.1 Å². The molecule has 0 aliphatic carbocycles. The first-order chi connectivity index (χ1) is 14.4. The van der Waals surface area contributed by atoms with Crippen LogP contribution >= 0.6 is 0 Å². The van der Waals surface area contributed by atoms with Gasteiger partial charge in [0.1, 0.15) is 5.75 Å². The molecule has 3 aromatic rings. The molecular weight excluding hydrogens is 382 g/mol. The number of ether oxygens (including phenoxy) is 2. The fourth-order valence-electron chi connectivity index (χ4n) is 3.20. The van der Waals surface area contributed by atoms with E-state index in [4.69, 9.17) is 9.47 Å². The molecule has 1 amide bonds. The Kier molecular flexibility index (Phi) is 6.51. The molecule has 1 aromatic heterocycles. The Balaban J connectivity index is 1.72. The van der Waals surface area contributed by atoms with E-state index in [2.05, 4.69) is 10.4 Å². The van der Waals surface area contributed by atoms with E-state index in [1.54, 1.807) is 16.8 Å². The van der Waals surface area contributed by atoms with Crippen molar-refractivity contribution in [2.45, 2.75) is 27.3 Å². The number of esters is 1. The Morgan fingerprint density at radius 2 is 1.73 bits per heavy atom. The number of aromatic nitrogens is 2.